The zero-order valence-electron chi connectivity index (χ0n) is 10.5. The van der Waals surface area contributed by atoms with E-state index in [9.17, 15) is 9.59 Å². The lowest BCUT2D eigenvalue weighted by Crippen LogP contribution is -2.31. The van der Waals surface area contributed by atoms with Gasteiger partial charge < -0.3 is 9.64 Å². The number of nitrogens with zero attached hydrogens (tertiary/aromatic N) is 1. The molecule has 0 unspecified atom stereocenters. The lowest BCUT2D eigenvalue weighted by atomic mass is 10.2. The molecule has 98 valence electrons. The number of hydrogen-bond acceptors (Lipinski definition) is 4. The number of hydrogen-bond donors (Lipinski definition) is 0. The lowest BCUT2D eigenvalue weighted by molar-refractivity contribution is 0.0606. The minimum Gasteiger partial charge on any atom is -0.465 e. The van der Waals surface area contributed by atoms with Crippen molar-refractivity contribution < 1.29 is 14.3 Å². The molecule has 1 aliphatic rings. The molecule has 1 aromatic heterocycles. The molecule has 5 heteroatoms. The largest absolute Gasteiger partial charge is 0.465 e. The van der Waals surface area contributed by atoms with Gasteiger partial charge in [-0.3, -0.25) is 4.79 Å². The van der Waals surface area contributed by atoms with Crippen molar-refractivity contribution >= 4 is 23.2 Å². The van der Waals surface area contributed by atoms with Crippen LogP contribution in [-0.4, -0.2) is 37.0 Å². The molecule has 1 aliphatic heterocycles. The third-order valence-corrected chi connectivity index (χ3v) is 4.15. The highest BCUT2D eigenvalue weighted by Gasteiger charge is 2.20. The molecule has 1 saturated heterocycles. The fourth-order valence-electron chi connectivity index (χ4n) is 2.09. The second-order valence-corrected chi connectivity index (χ2v) is 5.45. The summed E-state index contributed by atoms with van der Waals surface area (Å²) in [5, 5.41) is 0. The van der Waals surface area contributed by atoms with Gasteiger partial charge in [-0.1, -0.05) is 12.8 Å². The number of esters is 1. The topological polar surface area (TPSA) is 46.6 Å². The zero-order valence-corrected chi connectivity index (χ0v) is 11.3. The lowest BCUT2D eigenvalue weighted by Gasteiger charge is -2.19. The summed E-state index contributed by atoms with van der Waals surface area (Å²) < 4.78 is 4.64. The Labute approximate surface area is 111 Å². The van der Waals surface area contributed by atoms with E-state index in [0.29, 0.717) is 9.75 Å². The highest BCUT2D eigenvalue weighted by Crippen LogP contribution is 2.21. The average Bonchev–Trinajstić information content (AvgIpc) is 2.72. The van der Waals surface area contributed by atoms with Gasteiger partial charge in [0.1, 0.15) is 4.88 Å². The summed E-state index contributed by atoms with van der Waals surface area (Å²) in [7, 11) is 1.35. The van der Waals surface area contributed by atoms with E-state index in [1.165, 1.54) is 31.3 Å². The monoisotopic (exact) mass is 267 g/mol. The molecule has 1 amide bonds. The Morgan fingerprint density at radius 3 is 2.33 bits per heavy atom. The molecule has 2 rings (SSSR count). The minimum absolute atomic E-state index is 0.0389. The fraction of sp³-hybridized carbons (Fsp3) is 0.538. The van der Waals surface area contributed by atoms with Crippen LogP contribution in [0.5, 0.6) is 0 Å². The van der Waals surface area contributed by atoms with Gasteiger partial charge in [0.2, 0.25) is 0 Å². The van der Waals surface area contributed by atoms with Crippen LogP contribution in [0.3, 0.4) is 0 Å². The molecule has 0 saturated carbocycles. The van der Waals surface area contributed by atoms with Crippen molar-refractivity contribution in [2.24, 2.45) is 0 Å². The van der Waals surface area contributed by atoms with Crippen LogP contribution in [-0.2, 0) is 4.74 Å². The third kappa shape index (κ3) is 2.90. The Bertz CT molecular complexity index is 433. The molecule has 0 N–H and O–H groups in total. The van der Waals surface area contributed by atoms with Crippen LogP contribution in [0.1, 0.15) is 45.0 Å². The van der Waals surface area contributed by atoms with E-state index >= 15 is 0 Å². The second-order valence-electron chi connectivity index (χ2n) is 4.36. The van der Waals surface area contributed by atoms with Crippen LogP contribution >= 0.6 is 11.3 Å². The van der Waals surface area contributed by atoms with Gasteiger partial charge in [-0.15, -0.1) is 11.3 Å². The van der Waals surface area contributed by atoms with Crippen LogP contribution in [0.15, 0.2) is 12.1 Å². The Morgan fingerprint density at radius 2 is 1.72 bits per heavy atom. The summed E-state index contributed by atoms with van der Waals surface area (Å²) >= 11 is 1.21. The maximum Gasteiger partial charge on any atom is 0.348 e. The van der Waals surface area contributed by atoms with Gasteiger partial charge in [-0.2, -0.15) is 0 Å². The molecule has 1 aromatic rings. The van der Waals surface area contributed by atoms with Crippen molar-refractivity contribution in [2.45, 2.75) is 25.7 Å². The molecule has 4 nitrogen and oxygen atoms in total. The van der Waals surface area contributed by atoms with Crippen molar-refractivity contribution in [1.82, 2.24) is 4.90 Å². The number of rotatable bonds is 2. The Hall–Kier alpha value is -1.36. The van der Waals surface area contributed by atoms with E-state index in [1.807, 2.05) is 4.90 Å². The molecule has 0 aromatic carbocycles. The van der Waals surface area contributed by atoms with Gasteiger partial charge in [-0.05, 0) is 25.0 Å². The third-order valence-electron chi connectivity index (χ3n) is 3.10. The first-order valence-electron chi connectivity index (χ1n) is 6.20. The number of carbonyl (C=O) groups is 2. The Balaban J connectivity index is 2.08. The molecule has 18 heavy (non-hydrogen) atoms. The van der Waals surface area contributed by atoms with Crippen LogP contribution in [0.2, 0.25) is 0 Å². The molecule has 0 aliphatic carbocycles. The van der Waals surface area contributed by atoms with Crippen LogP contribution < -0.4 is 0 Å². The molecule has 1 fully saturated rings. The smallest absolute Gasteiger partial charge is 0.348 e. The minimum atomic E-state index is -0.380. The van der Waals surface area contributed by atoms with Gasteiger partial charge in [0, 0.05) is 13.1 Å². The molecule has 0 spiro atoms. The van der Waals surface area contributed by atoms with Crippen molar-refractivity contribution in [3.05, 3.63) is 21.9 Å². The maximum atomic E-state index is 12.3. The van der Waals surface area contributed by atoms with Gasteiger partial charge >= 0.3 is 5.97 Å². The number of amides is 1. The fourth-order valence-corrected chi connectivity index (χ4v) is 2.98. The van der Waals surface area contributed by atoms with Gasteiger partial charge in [0.05, 0.1) is 12.0 Å². The van der Waals surface area contributed by atoms with E-state index < -0.39 is 0 Å². The summed E-state index contributed by atoms with van der Waals surface area (Å²) in [5.41, 5.74) is 0. The zero-order chi connectivity index (χ0) is 13.0. The van der Waals surface area contributed by atoms with Crippen molar-refractivity contribution in [1.29, 1.82) is 0 Å². The first kappa shape index (κ1) is 13.1. The highest BCUT2D eigenvalue weighted by atomic mass is 32.1. The molecular weight excluding hydrogens is 250 g/mol. The van der Waals surface area contributed by atoms with Crippen molar-refractivity contribution in [2.75, 3.05) is 20.2 Å². The predicted octanol–water partition coefficient (Wildman–Crippen LogP) is 2.55. The standard InChI is InChI=1S/C13H17NO3S/c1-17-13(16)11-7-6-10(18-11)12(15)14-8-4-2-3-5-9-14/h6-7H,2-5,8-9H2,1H3. The normalized spacial score (nSPS) is 16.2. The van der Waals surface area contributed by atoms with Crippen LogP contribution in [0.25, 0.3) is 0 Å². The van der Waals surface area contributed by atoms with E-state index in [2.05, 4.69) is 4.74 Å². The molecule has 0 atom stereocenters. The highest BCUT2D eigenvalue weighted by molar-refractivity contribution is 7.15. The van der Waals surface area contributed by atoms with Crippen LogP contribution in [0, 0.1) is 0 Å². The molecule has 2 heterocycles. The molecule has 0 radical (unpaired) electrons. The first-order chi connectivity index (χ1) is 8.72. The van der Waals surface area contributed by atoms with Crippen molar-refractivity contribution in [3.8, 4) is 0 Å². The second kappa shape index (κ2) is 6.00. The number of ether oxygens (including phenoxy) is 1. The van der Waals surface area contributed by atoms with E-state index in [0.717, 1.165) is 25.9 Å². The number of thiophene rings is 1. The summed E-state index contributed by atoms with van der Waals surface area (Å²) in [5.74, 6) is -0.341. The Morgan fingerprint density at radius 1 is 1.11 bits per heavy atom. The van der Waals surface area contributed by atoms with E-state index in [4.69, 9.17) is 0 Å². The number of likely N-dealkylation sites (tertiary alicyclic amines) is 1. The van der Waals surface area contributed by atoms with Gasteiger partial charge in [0.15, 0.2) is 0 Å². The number of methoxy groups -OCH3 is 1. The average molecular weight is 267 g/mol. The SMILES string of the molecule is COC(=O)c1ccc(C(=O)N2CCCCCC2)s1. The molecule has 0 bridgehead atoms. The maximum absolute atomic E-state index is 12.3. The number of carbonyl (C=O) groups excluding carboxylic acids is 2. The van der Waals surface area contributed by atoms with Gasteiger partial charge in [0.25, 0.3) is 5.91 Å². The van der Waals surface area contributed by atoms with Crippen molar-refractivity contribution in [3.63, 3.8) is 0 Å². The van der Waals surface area contributed by atoms with E-state index in [1.54, 1.807) is 12.1 Å². The summed E-state index contributed by atoms with van der Waals surface area (Å²) in [6.45, 7) is 1.65. The summed E-state index contributed by atoms with van der Waals surface area (Å²) in [6.07, 6.45) is 4.53. The molecular formula is C13H17NO3S. The summed E-state index contributed by atoms with van der Waals surface area (Å²) in [4.78, 5) is 26.6. The van der Waals surface area contributed by atoms with Gasteiger partial charge in [-0.25, -0.2) is 4.79 Å². The van der Waals surface area contributed by atoms with E-state index in [-0.39, 0.29) is 11.9 Å². The Kier molecular flexibility index (Phi) is 4.36. The summed E-state index contributed by atoms with van der Waals surface area (Å²) in [6, 6.07) is 3.37. The quantitative estimate of drug-likeness (QED) is 0.774. The van der Waals surface area contributed by atoms with Crippen LogP contribution in [0.4, 0.5) is 0 Å². The predicted molar refractivity (Wildman–Crippen MR) is 70.0 cm³/mol. The first-order valence-corrected chi connectivity index (χ1v) is 7.01.